The molecular formula is C24H25N3O4S. The molecular weight excluding hydrogens is 426 g/mol. The van der Waals surface area contributed by atoms with E-state index in [2.05, 4.69) is 10.5 Å². The van der Waals surface area contributed by atoms with Crippen LogP contribution in [0, 0.1) is 13.8 Å². The molecule has 7 nitrogen and oxygen atoms in total. The fourth-order valence-corrected chi connectivity index (χ4v) is 3.91. The highest BCUT2D eigenvalue weighted by Gasteiger charge is 2.18. The molecule has 3 aromatic rings. The van der Waals surface area contributed by atoms with Gasteiger partial charge in [0, 0.05) is 11.1 Å². The first kappa shape index (κ1) is 23.0. The molecule has 0 atom stereocenters. The fraction of sp³-hybridized carbons (Fsp3) is 0.167. The first-order chi connectivity index (χ1) is 15.1. The lowest BCUT2D eigenvalue weighted by Gasteiger charge is -2.23. The molecule has 8 heteroatoms. The number of phenols is 1. The van der Waals surface area contributed by atoms with Crippen LogP contribution in [0.5, 0.6) is 5.75 Å². The topological polar surface area (TPSA) is 99.1 Å². The number of nitrogens with one attached hydrogen (secondary N) is 1. The van der Waals surface area contributed by atoms with Crippen LogP contribution in [-0.4, -0.2) is 31.9 Å². The number of hydrogen-bond acceptors (Lipinski definition) is 5. The minimum Gasteiger partial charge on any atom is -0.507 e. The predicted molar refractivity (Wildman–Crippen MR) is 127 cm³/mol. The van der Waals surface area contributed by atoms with Gasteiger partial charge in [-0.2, -0.15) is 5.10 Å². The van der Waals surface area contributed by atoms with Crippen LogP contribution in [0.3, 0.4) is 0 Å². The van der Waals surface area contributed by atoms with Crippen molar-refractivity contribution in [3.8, 4) is 5.75 Å². The van der Waals surface area contributed by atoms with Crippen LogP contribution >= 0.6 is 0 Å². The van der Waals surface area contributed by atoms with Gasteiger partial charge in [-0.3, -0.25) is 9.10 Å². The zero-order chi connectivity index (χ0) is 23.3. The van der Waals surface area contributed by atoms with Crippen molar-refractivity contribution in [2.24, 2.45) is 5.10 Å². The number of para-hydroxylation sites is 1. The molecule has 0 bridgehead atoms. The number of carbonyl (C=O) groups is 1. The van der Waals surface area contributed by atoms with E-state index in [1.54, 1.807) is 48.5 Å². The number of phenolic OH excluding ortho intramolecular Hbond substituents is 1. The van der Waals surface area contributed by atoms with Gasteiger partial charge < -0.3 is 5.11 Å². The highest BCUT2D eigenvalue weighted by Crippen LogP contribution is 2.23. The Labute approximate surface area is 188 Å². The molecule has 2 N–H and O–H groups in total. The van der Waals surface area contributed by atoms with Gasteiger partial charge in [0.15, 0.2) is 0 Å². The number of nitrogens with zero attached hydrogens (tertiary/aromatic N) is 2. The summed E-state index contributed by atoms with van der Waals surface area (Å²) >= 11 is 0. The molecule has 0 aromatic heterocycles. The maximum absolute atomic E-state index is 12.4. The summed E-state index contributed by atoms with van der Waals surface area (Å²) in [4.78, 5) is 12.3. The molecule has 0 fully saturated rings. The van der Waals surface area contributed by atoms with Gasteiger partial charge in [0.25, 0.3) is 5.91 Å². The van der Waals surface area contributed by atoms with Gasteiger partial charge in [0.2, 0.25) is 10.0 Å². The third-order valence-electron chi connectivity index (χ3n) is 5.03. The average Bonchev–Trinajstić information content (AvgIpc) is 2.75. The Morgan fingerprint density at radius 3 is 2.34 bits per heavy atom. The van der Waals surface area contributed by atoms with Crippen molar-refractivity contribution in [1.29, 1.82) is 0 Å². The Bertz CT molecular complexity index is 1250. The van der Waals surface area contributed by atoms with E-state index in [4.69, 9.17) is 0 Å². The number of amides is 1. The van der Waals surface area contributed by atoms with Gasteiger partial charge in [0.1, 0.15) is 5.75 Å². The monoisotopic (exact) mass is 451 g/mol. The Morgan fingerprint density at radius 2 is 1.72 bits per heavy atom. The molecule has 1 amide bonds. The average molecular weight is 452 g/mol. The van der Waals surface area contributed by atoms with Crippen molar-refractivity contribution in [1.82, 2.24) is 5.43 Å². The molecule has 0 radical (unpaired) electrons. The fourth-order valence-electron chi connectivity index (χ4n) is 3.03. The van der Waals surface area contributed by atoms with Gasteiger partial charge in [-0.05, 0) is 66.9 Å². The molecule has 0 saturated carbocycles. The summed E-state index contributed by atoms with van der Waals surface area (Å²) in [6, 6.07) is 18.8. The standard InChI is InChI=1S/C24H25N3O4S/c1-17-8-13-22(14-18(17)2)27(32(3,30)31)16-19-9-11-20(12-10-19)24(29)26-25-15-21-6-4-5-7-23(21)28/h4-15,28H,16H2,1-3H3,(H,26,29). The first-order valence-electron chi connectivity index (χ1n) is 9.90. The second-order valence-corrected chi connectivity index (χ2v) is 9.40. The Morgan fingerprint density at radius 1 is 1.03 bits per heavy atom. The normalized spacial score (nSPS) is 11.5. The van der Waals surface area contributed by atoms with Crippen LogP contribution in [0.25, 0.3) is 0 Å². The van der Waals surface area contributed by atoms with Crippen LogP contribution in [0.4, 0.5) is 5.69 Å². The van der Waals surface area contributed by atoms with E-state index in [-0.39, 0.29) is 12.3 Å². The van der Waals surface area contributed by atoms with E-state index in [1.807, 2.05) is 26.0 Å². The van der Waals surface area contributed by atoms with Crippen molar-refractivity contribution in [2.75, 3.05) is 10.6 Å². The van der Waals surface area contributed by atoms with Crippen molar-refractivity contribution >= 4 is 27.8 Å². The van der Waals surface area contributed by atoms with Crippen molar-refractivity contribution < 1.29 is 18.3 Å². The SMILES string of the molecule is Cc1ccc(N(Cc2ccc(C(=O)NN=Cc3ccccc3O)cc2)S(C)(=O)=O)cc1C. The van der Waals surface area contributed by atoms with E-state index in [1.165, 1.54) is 22.8 Å². The molecule has 0 unspecified atom stereocenters. The minimum absolute atomic E-state index is 0.0639. The molecule has 0 heterocycles. The third kappa shape index (κ3) is 5.73. The van der Waals surface area contributed by atoms with E-state index in [9.17, 15) is 18.3 Å². The van der Waals surface area contributed by atoms with E-state index < -0.39 is 15.9 Å². The van der Waals surface area contributed by atoms with Crippen molar-refractivity contribution in [2.45, 2.75) is 20.4 Å². The summed E-state index contributed by atoms with van der Waals surface area (Å²) in [5, 5.41) is 13.6. The molecule has 3 aromatic carbocycles. The molecule has 0 aliphatic carbocycles. The smallest absolute Gasteiger partial charge is 0.271 e. The van der Waals surface area contributed by atoms with Crippen LogP contribution in [0.15, 0.2) is 71.8 Å². The summed E-state index contributed by atoms with van der Waals surface area (Å²) in [6.45, 7) is 4.06. The number of benzene rings is 3. The first-order valence-corrected chi connectivity index (χ1v) is 11.8. The molecule has 32 heavy (non-hydrogen) atoms. The van der Waals surface area contributed by atoms with E-state index in [0.29, 0.717) is 16.8 Å². The summed E-state index contributed by atoms with van der Waals surface area (Å²) in [5.41, 5.74) is 6.69. The van der Waals surface area contributed by atoms with E-state index in [0.717, 1.165) is 16.7 Å². The highest BCUT2D eigenvalue weighted by molar-refractivity contribution is 7.92. The van der Waals surface area contributed by atoms with E-state index >= 15 is 0 Å². The number of rotatable bonds is 7. The Kier molecular flexibility index (Phi) is 6.95. The molecule has 0 spiro atoms. The molecule has 0 aliphatic heterocycles. The van der Waals surface area contributed by atoms with Crippen LogP contribution < -0.4 is 9.73 Å². The van der Waals surface area contributed by atoms with Gasteiger partial charge in [-0.25, -0.2) is 13.8 Å². The highest BCUT2D eigenvalue weighted by atomic mass is 32.2. The zero-order valence-electron chi connectivity index (χ0n) is 18.1. The second kappa shape index (κ2) is 9.65. The minimum atomic E-state index is -3.50. The number of hydrazone groups is 1. The quantitative estimate of drug-likeness (QED) is 0.422. The van der Waals surface area contributed by atoms with Crippen molar-refractivity contribution in [3.63, 3.8) is 0 Å². The largest absolute Gasteiger partial charge is 0.507 e. The lowest BCUT2D eigenvalue weighted by Crippen LogP contribution is -2.29. The van der Waals surface area contributed by atoms with Gasteiger partial charge in [-0.1, -0.05) is 30.3 Å². The summed E-state index contributed by atoms with van der Waals surface area (Å²) in [6.07, 6.45) is 2.53. The van der Waals surface area contributed by atoms with Crippen LogP contribution in [0.2, 0.25) is 0 Å². The Balaban J connectivity index is 1.71. The number of hydrogen-bond donors (Lipinski definition) is 2. The number of anilines is 1. The lowest BCUT2D eigenvalue weighted by atomic mass is 10.1. The number of aromatic hydroxyl groups is 1. The van der Waals surface area contributed by atoms with Gasteiger partial charge >= 0.3 is 0 Å². The second-order valence-electron chi connectivity index (χ2n) is 7.49. The summed E-state index contributed by atoms with van der Waals surface area (Å²) in [5.74, 6) is -0.355. The van der Waals surface area contributed by atoms with Gasteiger partial charge in [0.05, 0.1) is 24.7 Å². The maximum Gasteiger partial charge on any atom is 0.271 e. The zero-order valence-corrected chi connectivity index (χ0v) is 18.9. The summed E-state index contributed by atoms with van der Waals surface area (Å²) in [7, 11) is -3.50. The molecule has 3 rings (SSSR count). The lowest BCUT2D eigenvalue weighted by molar-refractivity contribution is 0.0955. The van der Waals surface area contributed by atoms with Crippen molar-refractivity contribution in [3.05, 3.63) is 94.5 Å². The predicted octanol–water partition coefficient (Wildman–Crippen LogP) is 3.74. The van der Waals surface area contributed by atoms with Crippen LogP contribution in [-0.2, 0) is 16.6 Å². The van der Waals surface area contributed by atoms with Crippen LogP contribution in [0.1, 0.15) is 32.6 Å². The Hall–Kier alpha value is -3.65. The molecule has 0 aliphatic rings. The number of sulfonamides is 1. The van der Waals surface area contributed by atoms with Gasteiger partial charge in [-0.15, -0.1) is 0 Å². The summed E-state index contributed by atoms with van der Waals surface area (Å²) < 4.78 is 26.1. The maximum atomic E-state index is 12.4. The number of aryl methyl sites for hydroxylation is 2. The molecule has 0 saturated heterocycles. The third-order valence-corrected chi connectivity index (χ3v) is 6.17. The molecule has 166 valence electrons. The number of carbonyl (C=O) groups excluding carboxylic acids is 1.